The first-order valence-electron chi connectivity index (χ1n) is 7.84. The highest BCUT2D eigenvalue weighted by atomic mass is 79.9. The molecule has 136 valence electrons. The van der Waals surface area contributed by atoms with E-state index in [2.05, 4.69) is 26.2 Å². The molecule has 2 aromatic carbocycles. The van der Waals surface area contributed by atoms with Crippen LogP contribution < -0.4 is 10.1 Å². The van der Waals surface area contributed by atoms with Gasteiger partial charge in [0, 0.05) is 11.3 Å². The van der Waals surface area contributed by atoms with Crippen molar-refractivity contribution in [1.29, 1.82) is 0 Å². The van der Waals surface area contributed by atoms with Crippen LogP contribution in [-0.2, 0) is 0 Å². The monoisotopic (exact) mass is 446 g/mol. The number of ether oxygens (including phenoxy) is 1. The number of benzene rings is 2. The van der Waals surface area contributed by atoms with Crippen LogP contribution in [-0.4, -0.2) is 18.0 Å². The molecule has 0 atom stereocenters. The van der Waals surface area contributed by atoms with Crippen LogP contribution in [0, 0.1) is 0 Å². The number of halogens is 2. The molecule has 0 saturated heterocycles. The summed E-state index contributed by atoms with van der Waals surface area (Å²) in [7, 11) is 1.55. The molecule has 2 aromatic heterocycles. The number of rotatable bonds is 4. The molecule has 0 unspecified atom stereocenters. The summed E-state index contributed by atoms with van der Waals surface area (Å²) in [6.07, 6.45) is 0. The number of carbonyl (C=O) groups is 1. The smallest absolute Gasteiger partial charge is 0.291 e. The van der Waals surface area contributed by atoms with Crippen molar-refractivity contribution in [3.8, 4) is 17.2 Å². The van der Waals surface area contributed by atoms with Gasteiger partial charge in [0.15, 0.2) is 16.0 Å². The predicted molar refractivity (Wildman–Crippen MR) is 105 cm³/mol. The fourth-order valence-corrected chi connectivity index (χ4v) is 3.12. The van der Waals surface area contributed by atoms with Crippen LogP contribution >= 0.6 is 27.5 Å². The zero-order valence-electron chi connectivity index (χ0n) is 14.0. The third-order valence-electron chi connectivity index (χ3n) is 3.84. The molecule has 4 aromatic rings. The number of anilines is 1. The first-order valence-corrected chi connectivity index (χ1v) is 9.02. The van der Waals surface area contributed by atoms with Crippen LogP contribution in [0.1, 0.15) is 10.6 Å². The van der Waals surface area contributed by atoms with Crippen LogP contribution in [0.3, 0.4) is 0 Å². The number of nitrogens with zero attached hydrogens (tertiary/aromatic N) is 1. The van der Waals surface area contributed by atoms with E-state index in [1.807, 2.05) is 6.07 Å². The number of furan rings is 1. The van der Waals surface area contributed by atoms with E-state index in [0.717, 1.165) is 5.56 Å². The maximum Gasteiger partial charge on any atom is 0.291 e. The van der Waals surface area contributed by atoms with Gasteiger partial charge in [-0.3, -0.25) is 4.79 Å². The Morgan fingerprint density at radius 1 is 1.15 bits per heavy atom. The number of methoxy groups -OCH3 is 1. The Balaban J connectivity index is 1.62. The summed E-state index contributed by atoms with van der Waals surface area (Å²) in [5.74, 6) is 0.848. The number of amides is 1. The van der Waals surface area contributed by atoms with Gasteiger partial charge in [0.2, 0.25) is 5.89 Å². The van der Waals surface area contributed by atoms with Crippen molar-refractivity contribution in [2.45, 2.75) is 0 Å². The molecule has 0 saturated carbocycles. The number of carbonyl (C=O) groups excluding carboxylic acids is 1. The van der Waals surface area contributed by atoms with E-state index >= 15 is 0 Å². The van der Waals surface area contributed by atoms with Gasteiger partial charge in [-0.15, -0.1) is 0 Å². The predicted octanol–water partition coefficient (Wildman–Crippen LogP) is 5.76. The number of oxazole rings is 1. The number of aromatic nitrogens is 1. The first kappa shape index (κ1) is 17.6. The third kappa shape index (κ3) is 3.56. The van der Waals surface area contributed by atoms with Gasteiger partial charge >= 0.3 is 0 Å². The Labute approximate surface area is 167 Å². The molecule has 0 aliphatic carbocycles. The van der Waals surface area contributed by atoms with Gasteiger partial charge in [-0.1, -0.05) is 11.6 Å². The Bertz CT molecular complexity index is 1150. The second-order valence-corrected chi connectivity index (χ2v) is 6.80. The van der Waals surface area contributed by atoms with E-state index < -0.39 is 0 Å². The number of nitrogens with one attached hydrogen (secondary N) is 1. The van der Waals surface area contributed by atoms with Gasteiger partial charge in [0.1, 0.15) is 11.3 Å². The largest absolute Gasteiger partial charge is 0.495 e. The van der Waals surface area contributed by atoms with Gasteiger partial charge in [0.05, 0.1) is 12.1 Å². The fourth-order valence-electron chi connectivity index (χ4n) is 2.56. The lowest BCUT2D eigenvalue weighted by Crippen LogP contribution is -2.10. The lowest BCUT2D eigenvalue weighted by atomic mass is 10.2. The molecule has 1 N–H and O–H groups in total. The first-order chi connectivity index (χ1) is 13.0. The summed E-state index contributed by atoms with van der Waals surface area (Å²) < 4.78 is 16.7. The second kappa shape index (κ2) is 7.09. The lowest BCUT2D eigenvalue weighted by Gasteiger charge is -2.03. The molecule has 2 heterocycles. The zero-order chi connectivity index (χ0) is 19.0. The van der Waals surface area contributed by atoms with Crippen molar-refractivity contribution in [2.24, 2.45) is 0 Å². The fraction of sp³-hybridized carbons (Fsp3) is 0.0526. The SMILES string of the molecule is COc1ccc(-c2nc3cc(NC(=O)c4ccc(Br)o4)ccc3o2)cc1Cl. The van der Waals surface area contributed by atoms with E-state index in [1.165, 1.54) is 0 Å². The molecule has 6 nitrogen and oxygen atoms in total. The second-order valence-electron chi connectivity index (χ2n) is 5.61. The van der Waals surface area contributed by atoms with Crippen molar-refractivity contribution in [2.75, 3.05) is 12.4 Å². The van der Waals surface area contributed by atoms with Crippen LogP contribution in [0.15, 0.2) is 62.0 Å². The maximum atomic E-state index is 12.2. The molecule has 0 aliphatic heterocycles. The average molecular weight is 448 g/mol. The zero-order valence-corrected chi connectivity index (χ0v) is 16.3. The maximum absolute atomic E-state index is 12.2. The topological polar surface area (TPSA) is 77.5 Å². The lowest BCUT2D eigenvalue weighted by molar-refractivity contribution is 0.0995. The van der Waals surface area contributed by atoms with E-state index in [4.69, 9.17) is 25.2 Å². The summed E-state index contributed by atoms with van der Waals surface area (Å²) in [6, 6.07) is 13.7. The van der Waals surface area contributed by atoms with E-state index in [1.54, 1.807) is 49.6 Å². The minimum absolute atomic E-state index is 0.204. The molecule has 0 spiro atoms. The minimum Gasteiger partial charge on any atom is -0.495 e. The normalized spacial score (nSPS) is 10.9. The molecule has 0 radical (unpaired) electrons. The molecule has 0 fully saturated rings. The van der Waals surface area contributed by atoms with Gasteiger partial charge in [-0.2, -0.15) is 0 Å². The summed E-state index contributed by atoms with van der Waals surface area (Å²) in [5, 5.41) is 3.23. The van der Waals surface area contributed by atoms with Crippen LogP contribution in [0.4, 0.5) is 5.69 Å². The average Bonchev–Trinajstić information content (AvgIpc) is 3.27. The highest BCUT2D eigenvalue weighted by Crippen LogP contribution is 2.32. The number of fused-ring (bicyclic) bond motifs is 1. The van der Waals surface area contributed by atoms with Crippen LogP contribution in [0.2, 0.25) is 5.02 Å². The molecule has 27 heavy (non-hydrogen) atoms. The highest BCUT2D eigenvalue weighted by molar-refractivity contribution is 9.10. The Hall–Kier alpha value is -2.77. The van der Waals surface area contributed by atoms with Crippen molar-refractivity contribution in [3.63, 3.8) is 0 Å². The number of hydrogen-bond acceptors (Lipinski definition) is 5. The summed E-state index contributed by atoms with van der Waals surface area (Å²) >= 11 is 9.34. The molecule has 4 rings (SSSR count). The molecular formula is C19H12BrClN2O4. The van der Waals surface area contributed by atoms with Gasteiger partial charge in [-0.25, -0.2) is 4.98 Å². The number of hydrogen-bond donors (Lipinski definition) is 1. The third-order valence-corrected chi connectivity index (χ3v) is 4.56. The van der Waals surface area contributed by atoms with Crippen molar-refractivity contribution < 1.29 is 18.4 Å². The van der Waals surface area contributed by atoms with E-state index in [0.29, 0.717) is 38.1 Å². The summed E-state index contributed by atoms with van der Waals surface area (Å²) in [5.41, 5.74) is 2.50. The van der Waals surface area contributed by atoms with Gasteiger partial charge in [-0.05, 0) is 64.5 Å². The quantitative estimate of drug-likeness (QED) is 0.430. The van der Waals surface area contributed by atoms with Crippen molar-refractivity contribution >= 4 is 50.2 Å². The van der Waals surface area contributed by atoms with Gasteiger partial charge < -0.3 is 18.9 Å². The Kier molecular flexibility index (Phi) is 4.63. The Morgan fingerprint density at radius 3 is 2.70 bits per heavy atom. The Morgan fingerprint density at radius 2 is 2.00 bits per heavy atom. The summed E-state index contributed by atoms with van der Waals surface area (Å²) in [6.45, 7) is 0. The van der Waals surface area contributed by atoms with Crippen molar-refractivity contribution in [3.05, 3.63) is 64.0 Å². The highest BCUT2D eigenvalue weighted by Gasteiger charge is 2.14. The minimum atomic E-state index is -0.356. The molecule has 1 amide bonds. The van der Waals surface area contributed by atoms with E-state index in [9.17, 15) is 4.79 Å². The molecule has 8 heteroatoms. The standard InChI is InChI=1S/C19H12BrClN2O4/c1-25-14-4-2-10(8-12(14)21)19-23-13-9-11(3-5-15(13)27-19)22-18(24)16-6-7-17(20)26-16/h2-9H,1H3,(H,22,24). The van der Waals surface area contributed by atoms with Gasteiger partial charge in [0.25, 0.3) is 5.91 Å². The molecule has 0 bridgehead atoms. The van der Waals surface area contributed by atoms with Crippen LogP contribution in [0.25, 0.3) is 22.6 Å². The molecular weight excluding hydrogens is 436 g/mol. The summed E-state index contributed by atoms with van der Waals surface area (Å²) in [4.78, 5) is 16.7. The van der Waals surface area contributed by atoms with Crippen LogP contribution in [0.5, 0.6) is 5.75 Å². The van der Waals surface area contributed by atoms with E-state index in [-0.39, 0.29) is 11.7 Å². The molecule has 0 aliphatic rings. The van der Waals surface area contributed by atoms with Crippen molar-refractivity contribution in [1.82, 2.24) is 4.98 Å².